The fraction of sp³-hybridized carbons (Fsp3) is 0.650. The molecule has 0 unspecified atom stereocenters. The molecule has 5 nitrogen and oxygen atoms in total. The van der Waals surface area contributed by atoms with Gasteiger partial charge in [-0.1, -0.05) is 6.07 Å². The maximum Gasteiger partial charge on any atom is 0.321 e. The van der Waals surface area contributed by atoms with Crippen LogP contribution in [0.5, 0.6) is 0 Å². The van der Waals surface area contributed by atoms with Gasteiger partial charge in [-0.05, 0) is 69.1 Å². The minimum atomic E-state index is -0.0387. The molecule has 0 spiro atoms. The molecule has 25 heavy (non-hydrogen) atoms. The molecular formula is C20H31N3O2. The first-order valence-corrected chi connectivity index (χ1v) is 9.67. The number of benzene rings is 1. The Morgan fingerprint density at radius 2 is 1.92 bits per heavy atom. The van der Waals surface area contributed by atoms with Gasteiger partial charge in [0, 0.05) is 44.2 Å². The summed E-state index contributed by atoms with van der Waals surface area (Å²) in [7, 11) is 1.88. The Kier molecular flexibility index (Phi) is 6.19. The summed E-state index contributed by atoms with van der Waals surface area (Å²) in [6.07, 6.45) is 7.76. The van der Waals surface area contributed by atoms with Crippen LogP contribution < -0.4 is 10.2 Å². The first-order chi connectivity index (χ1) is 12.2. The van der Waals surface area contributed by atoms with Crippen molar-refractivity contribution in [2.45, 2.75) is 51.0 Å². The van der Waals surface area contributed by atoms with E-state index in [1.807, 2.05) is 24.1 Å². The molecule has 2 fully saturated rings. The quantitative estimate of drug-likeness (QED) is 0.875. The van der Waals surface area contributed by atoms with Gasteiger partial charge < -0.3 is 20.2 Å². The molecule has 2 N–H and O–H groups in total. The Balaban J connectivity index is 1.57. The fourth-order valence-electron chi connectivity index (χ4n) is 4.02. The lowest BCUT2D eigenvalue weighted by molar-refractivity contribution is 0.139. The van der Waals surface area contributed by atoms with Crippen molar-refractivity contribution in [1.29, 1.82) is 0 Å². The molecular weight excluding hydrogens is 314 g/mol. The number of piperidine rings is 1. The van der Waals surface area contributed by atoms with E-state index in [2.05, 4.69) is 22.3 Å². The molecule has 138 valence electrons. The van der Waals surface area contributed by atoms with E-state index in [1.54, 1.807) is 0 Å². The number of hydrogen-bond donors (Lipinski definition) is 2. The molecule has 3 rings (SSSR count). The highest BCUT2D eigenvalue weighted by Gasteiger charge is 2.26. The average molecular weight is 345 g/mol. The molecule has 1 saturated heterocycles. The summed E-state index contributed by atoms with van der Waals surface area (Å²) in [5.41, 5.74) is 2.06. The molecule has 2 aliphatic rings. The van der Waals surface area contributed by atoms with Gasteiger partial charge in [0.25, 0.3) is 0 Å². The predicted octanol–water partition coefficient (Wildman–Crippen LogP) is 3.69. The van der Waals surface area contributed by atoms with Crippen molar-refractivity contribution in [2.75, 3.05) is 37.0 Å². The van der Waals surface area contributed by atoms with E-state index >= 15 is 0 Å². The third-order valence-electron chi connectivity index (χ3n) is 5.76. The highest BCUT2D eigenvalue weighted by molar-refractivity contribution is 5.90. The van der Waals surface area contributed by atoms with Crippen LogP contribution in [0.25, 0.3) is 0 Å². The van der Waals surface area contributed by atoms with Crippen LogP contribution in [0.1, 0.15) is 44.9 Å². The van der Waals surface area contributed by atoms with Crippen molar-refractivity contribution in [3.63, 3.8) is 0 Å². The van der Waals surface area contributed by atoms with Crippen LogP contribution in [0.3, 0.4) is 0 Å². The number of nitrogens with zero attached hydrogens (tertiary/aromatic N) is 2. The number of carbonyl (C=O) groups is 1. The van der Waals surface area contributed by atoms with Gasteiger partial charge in [-0.2, -0.15) is 0 Å². The minimum Gasteiger partial charge on any atom is -0.396 e. The second-order valence-electron chi connectivity index (χ2n) is 7.50. The highest BCUT2D eigenvalue weighted by Crippen LogP contribution is 2.27. The zero-order valence-electron chi connectivity index (χ0n) is 15.3. The van der Waals surface area contributed by atoms with E-state index in [0.29, 0.717) is 5.92 Å². The number of aliphatic hydroxyl groups excluding tert-OH is 1. The van der Waals surface area contributed by atoms with Gasteiger partial charge in [0.05, 0.1) is 0 Å². The topological polar surface area (TPSA) is 55.8 Å². The van der Waals surface area contributed by atoms with Gasteiger partial charge in [-0.25, -0.2) is 4.79 Å². The van der Waals surface area contributed by atoms with Crippen molar-refractivity contribution in [3.8, 4) is 0 Å². The van der Waals surface area contributed by atoms with E-state index in [0.717, 1.165) is 44.5 Å². The summed E-state index contributed by atoms with van der Waals surface area (Å²) in [5.74, 6) is 0.411. The Morgan fingerprint density at radius 3 is 2.60 bits per heavy atom. The molecule has 1 aliphatic carbocycles. The summed E-state index contributed by atoms with van der Waals surface area (Å²) >= 11 is 0. The van der Waals surface area contributed by atoms with E-state index in [1.165, 1.54) is 24.9 Å². The highest BCUT2D eigenvalue weighted by atomic mass is 16.3. The van der Waals surface area contributed by atoms with Gasteiger partial charge in [0.2, 0.25) is 0 Å². The van der Waals surface area contributed by atoms with Crippen molar-refractivity contribution >= 4 is 17.4 Å². The predicted molar refractivity (Wildman–Crippen MR) is 102 cm³/mol. The molecule has 1 aromatic rings. The summed E-state index contributed by atoms with van der Waals surface area (Å²) in [6, 6.07) is 8.42. The molecule has 1 heterocycles. The van der Waals surface area contributed by atoms with Gasteiger partial charge in [-0.3, -0.25) is 0 Å². The standard InChI is InChI=1S/C20H31N3O2/c1-22(18-10-8-16(15-24)9-11-18)20(25)21-17-6-5-7-19(14-17)23-12-3-2-4-13-23/h5-7,14,16,18,24H,2-4,8-13,15H2,1H3,(H,21,25). The third-order valence-corrected chi connectivity index (χ3v) is 5.76. The molecule has 2 amide bonds. The normalized spacial score (nSPS) is 24.0. The van der Waals surface area contributed by atoms with E-state index < -0.39 is 0 Å². The third kappa shape index (κ3) is 4.66. The molecule has 1 saturated carbocycles. The maximum absolute atomic E-state index is 12.6. The number of carbonyl (C=O) groups excluding carboxylic acids is 1. The van der Waals surface area contributed by atoms with Crippen molar-refractivity contribution in [3.05, 3.63) is 24.3 Å². The molecule has 0 bridgehead atoms. The number of rotatable bonds is 4. The summed E-state index contributed by atoms with van der Waals surface area (Å²) in [5, 5.41) is 12.3. The smallest absolute Gasteiger partial charge is 0.321 e. The second-order valence-corrected chi connectivity index (χ2v) is 7.50. The van der Waals surface area contributed by atoms with Crippen LogP contribution >= 0.6 is 0 Å². The van der Waals surface area contributed by atoms with Gasteiger partial charge in [-0.15, -0.1) is 0 Å². The van der Waals surface area contributed by atoms with Crippen LogP contribution in [0.15, 0.2) is 24.3 Å². The Bertz CT molecular complexity index is 564. The molecule has 0 aromatic heterocycles. The second kappa shape index (κ2) is 8.56. The molecule has 1 aromatic carbocycles. The van der Waals surface area contributed by atoms with Gasteiger partial charge in [0.1, 0.15) is 0 Å². The first-order valence-electron chi connectivity index (χ1n) is 9.67. The van der Waals surface area contributed by atoms with Crippen molar-refractivity contribution in [2.24, 2.45) is 5.92 Å². The van der Waals surface area contributed by atoms with Crippen LogP contribution in [0, 0.1) is 5.92 Å². The molecule has 5 heteroatoms. The van der Waals surface area contributed by atoms with Crippen LogP contribution in [0.2, 0.25) is 0 Å². The zero-order valence-corrected chi connectivity index (χ0v) is 15.3. The van der Waals surface area contributed by atoms with Gasteiger partial charge in [0.15, 0.2) is 0 Å². The summed E-state index contributed by atoms with van der Waals surface area (Å²) < 4.78 is 0. The average Bonchev–Trinajstić information content (AvgIpc) is 2.68. The van der Waals surface area contributed by atoms with Crippen molar-refractivity contribution < 1.29 is 9.90 Å². The number of aliphatic hydroxyl groups is 1. The Labute approximate surface area is 151 Å². The Hall–Kier alpha value is -1.75. The SMILES string of the molecule is CN(C(=O)Nc1cccc(N2CCCCC2)c1)C1CCC(CO)CC1. The number of anilines is 2. The fourth-order valence-corrected chi connectivity index (χ4v) is 4.02. The summed E-state index contributed by atoms with van der Waals surface area (Å²) in [4.78, 5) is 16.8. The number of urea groups is 1. The van der Waals surface area contributed by atoms with Crippen molar-refractivity contribution in [1.82, 2.24) is 4.90 Å². The number of amides is 2. The molecule has 0 radical (unpaired) electrons. The number of nitrogens with one attached hydrogen (secondary N) is 1. The molecule has 1 aliphatic heterocycles. The first kappa shape index (κ1) is 18.1. The van der Waals surface area contributed by atoms with E-state index in [-0.39, 0.29) is 18.7 Å². The van der Waals surface area contributed by atoms with E-state index in [4.69, 9.17) is 0 Å². The van der Waals surface area contributed by atoms with Crippen LogP contribution in [-0.2, 0) is 0 Å². The van der Waals surface area contributed by atoms with Crippen LogP contribution in [0.4, 0.5) is 16.2 Å². The van der Waals surface area contributed by atoms with E-state index in [9.17, 15) is 9.90 Å². The monoisotopic (exact) mass is 345 g/mol. The lowest BCUT2D eigenvalue weighted by Crippen LogP contribution is -2.42. The van der Waals surface area contributed by atoms with Gasteiger partial charge >= 0.3 is 6.03 Å². The zero-order chi connectivity index (χ0) is 17.6. The Morgan fingerprint density at radius 1 is 1.20 bits per heavy atom. The lowest BCUT2D eigenvalue weighted by Gasteiger charge is -2.34. The molecule has 0 atom stereocenters. The van der Waals surface area contributed by atoms with Crippen LogP contribution in [-0.4, -0.2) is 48.8 Å². The lowest BCUT2D eigenvalue weighted by atomic mass is 9.86. The maximum atomic E-state index is 12.6. The largest absolute Gasteiger partial charge is 0.396 e. The minimum absolute atomic E-state index is 0.0387. The number of hydrogen-bond acceptors (Lipinski definition) is 3. The summed E-state index contributed by atoms with van der Waals surface area (Å²) in [6.45, 7) is 2.47.